The Kier molecular flexibility index (Phi) is 14.0. The second kappa shape index (κ2) is 9.85. The van der Waals surface area contributed by atoms with E-state index in [-0.39, 0.29) is 15.2 Å². The van der Waals surface area contributed by atoms with Gasteiger partial charge in [-0.2, -0.15) is 8.42 Å². The first kappa shape index (κ1) is 18.5. The predicted molar refractivity (Wildman–Crippen MR) is 50.2 cm³/mol. The average molecular weight is 220 g/mol. The maximum absolute atomic E-state index is 10.2. The van der Waals surface area contributed by atoms with E-state index in [1.807, 2.05) is 0 Å². The van der Waals surface area contributed by atoms with Gasteiger partial charge >= 0.3 is 0 Å². The van der Waals surface area contributed by atoms with Crippen molar-refractivity contribution in [2.24, 2.45) is 0 Å². The lowest BCUT2D eigenvalue weighted by Crippen LogP contribution is -2.03. The molecule has 0 amide bonds. The van der Waals surface area contributed by atoms with Gasteiger partial charge < -0.3 is 0 Å². The molecular weight excluding hydrogens is 202 g/mol. The van der Waals surface area contributed by atoms with E-state index in [1.54, 1.807) is 0 Å². The Morgan fingerprint density at radius 1 is 1.00 bits per heavy atom. The van der Waals surface area contributed by atoms with E-state index in [0.717, 1.165) is 25.7 Å². The molecule has 0 unspecified atom stereocenters. The van der Waals surface area contributed by atoms with E-state index in [2.05, 4.69) is 6.92 Å². The molecule has 0 spiro atoms. The molecule has 0 aromatic rings. The molecule has 0 aliphatic carbocycles. The van der Waals surface area contributed by atoms with Crippen LogP contribution in [-0.2, 0) is 10.1 Å². The zero-order valence-corrected chi connectivity index (χ0v) is 8.55. The van der Waals surface area contributed by atoms with Crippen LogP contribution in [0, 0.1) is 0 Å². The fourth-order valence-electron chi connectivity index (χ4n) is 0.888. The highest BCUT2D eigenvalue weighted by Crippen LogP contribution is 2.03. The second-order valence-electron chi connectivity index (χ2n) is 2.70. The van der Waals surface area contributed by atoms with Gasteiger partial charge in [0.2, 0.25) is 0 Å². The molecule has 0 radical (unpaired) electrons. The Labute approximate surface area is 78.0 Å². The van der Waals surface area contributed by atoms with E-state index < -0.39 is 10.1 Å². The molecule has 1 N–H and O–H groups in total. The first-order valence-electron chi connectivity index (χ1n) is 4.01. The molecule has 0 saturated carbocycles. The van der Waals surface area contributed by atoms with Crippen molar-refractivity contribution < 1.29 is 22.4 Å². The lowest BCUT2D eigenvalue weighted by atomic mass is 10.2. The van der Waals surface area contributed by atoms with Gasteiger partial charge in [0.15, 0.2) is 0 Å². The molecule has 0 fully saturated rings. The molecule has 0 bridgehead atoms. The van der Waals surface area contributed by atoms with Crippen molar-refractivity contribution in [2.75, 3.05) is 5.75 Å². The van der Waals surface area contributed by atoms with Crippen molar-refractivity contribution in [3.05, 3.63) is 0 Å². The quantitative estimate of drug-likeness (QED) is 0.551. The van der Waals surface area contributed by atoms with Crippen molar-refractivity contribution >= 4 is 10.1 Å². The normalized spacial score (nSPS) is 10.0. The highest BCUT2D eigenvalue weighted by molar-refractivity contribution is 7.85. The maximum atomic E-state index is 10.2. The van der Waals surface area contributed by atoms with E-state index >= 15 is 0 Å². The second-order valence-corrected chi connectivity index (χ2v) is 4.27. The third kappa shape index (κ3) is 18.6. The largest absolute Gasteiger partial charge is 0.286 e. The summed E-state index contributed by atoms with van der Waals surface area (Å²) in [6, 6.07) is 0. The van der Waals surface area contributed by atoms with Crippen LogP contribution in [0.15, 0.2) is 0 Å². The summed E-state index contributed by atoms with van der Waals surface area (Å²) in [6.07, 6.45) is 4.83. The van der Waals surface area contributed by atoms with Crippen LogP contribution in [0.2, 0.25) is 0 Å². The van der Waals surface area contributed by atoms with Crippen LogP contribution in [0.1, 0.15) is 39.0 Å². The molecule has 84 valence electrons. The van der Waals surface area contributed by atoms with Crippen molar-refractivity contribution in [2.45, 2.75) is 39.0 Å². The highest BCUT2D eigenvalue weighted by Gasteiger charge is 2.02. The predicted octanol–water partition coefficient (Wildman–Crippen LogP) is 2.15. The summed E-state index contributed by atoms with van der Waals surface area (Å²) in [4.78, 5) is 0. The minimum Gasteiger partial charge on any atom is -0.286 e. The molecule has 0 saturated heterocycles. The lowest BCUT2D eigenvalue weighted by molar-refractivity contribution is 0.479. The van der Waals surface area contributed by atoms with E-state index in [4.69, 9.17) is 4.55 Å². The topological polar surface area (TPSA) is 54.4 Å². The van der Waals surface area contributed by atoms with Crippen LogP contribution >= 0.6 is 0 Å². The summed E-state index contributed by atoms with van der Waals surface area (Å²) >= 11 is 0. The Morgan fingerprint density at radius 3 is 1.85 bits per heavy atom. The Bertz CT molecular complexity index is 180. The van der Waals surface area contributed by atoms with Crippen molar-refractivity contribution in [1.29, 1.82) is 0 Å². The Morgan fingerprint density at radius 2 is 1.46 bits per heavy atom. The number of rotatable bonds is 6. The van der Waals surface area contributed by atoms with Gasteiger partial charge in [-0.15, -0.1) is 0 Å². The zero-order valence-electron chi connectivity index (χ0n) is 7.73. The van der Waals surface area contributed by atoms with Crippen LogP contribution < -0.4 is 0 Å². The smallest absolute Gasteiger partial charge is 0.264 e. The molecule has 0 atom stereocenters. The van der Waals surface area contributed by atoms with E-state index in [1.165, 1.54) is 0 Å². The van der Waals surface area contributed by atoms with Gasteiger partial charge in [-0.1, -0.05) is 32.6 Å². The van der Waals surface area contributed by atoms with Gasteiger partial charge in [-0.25, -0.2) is 0 Å². The molecule has 0 aromatic carbocycles. The zero-order chi connectivity index (χ0) is 8.74. The first-order chi connectivity index (χ1) is 5.06. The molecule has 0 aliphatic heterocycles. The van der Waals surface area contributed by atoms with Gasteiger partial charge in [0.1, 0.15) is 0 Å². The Balaban J connectivity index is -0.000000500. The third-order valence-corrected chi connectivity index (χ3v) is 2.31. The third-order valence-electron chi connectivity index (χ3n) is 1.51. The number of halogens is 2. The van der Waals surface area contributed by atoms with Crippen molar-refractivity contribution in [3.8, 4) is 0 Å². The van der Waals surface area contributed by atoms with Crippen molar-refractivity contribution in [1.82, 2.24) is 0 Å². The minimum atomic E-state index is -3.71. The van der Waals surface area contributed by atoms with Gasteiger partial charge in [-0.3, -0.25) is 14.0 Å². The summed E-state index contributed by atoms with van der Waals surface area (Å²) in [7, 11) is -3.71. The number of unbranched alkanes of at least 4 members (excludes halogenated alkanes) is 4. The monoisotopic (exact) mass is 220 g/mol. The fraction of sp³-hybridized carbons (Fsp3) is 1.00. The van der Waals surface area contributed by atoms with Crippen LogP contribution in [0.5, 0.6) is 0 Å². The van der Waals surface area contributed by atoms with Crippen LogP contribution in [0.3, 0.4) is 0 Å². The van der Waals surface area contributed by atoms with Crippen molar-refractivity contribution in [3.63, 3.8) is 0 Å². The van der Waals surface area contributed by atoms with E-state index in [0.29, 0.717) is 6.42 Å². The molecular formula is C7H18F2O3S. The molecule has 0 aromatic heterocycles. The lowest BCUT2D eigenvalue weighted by Gasteiger charge is -1.96. The minimum absolute atomic E-state index is 0. The maximum Gasteiger partial charge on any atom is 0.264 e. The van der Waals surface area contributed by atoms with Crippen LogP contribution in [0.4, 0.5) is 9.41 Å². The summed E-state index contributed by atoms with van der Waals surface area (Å²) in [5.41, 5.74) is 0. The highest BCUT2D eigenvalue weighted by atomic mass is 32.2. The Hall–Kier alpha value is -0.230. The SMILES string of the molecule is CCCCCCCS(=O)(=O)O.F.F. The van der Waals surface area contributed by atoms with Crippen LogP contribution in [-0.4, -0.2) is 18.7 Å². The molecule has 6 heteroatoms. The van der Waals surface area contributed by atoms with Gasteiger partial charge in [0, 0.05) is 0 Å². The van der Waals surface area contributed by atoms with Crippen LogP contribution in [0.25, 0.3) is 0 Å². The molecule has 0 aliphatic rings. The molecule has 13 heavy (non-hydrogen) atoms. The summed E-state index contributed by atoms with van der Waals surface area (Å²) < 4.78 is 28.8. The van der Waals surface area contributed by atoms with E-state index in [9.17, 15) is 8.42 Å². The summed E-state index contributed by atoms with van der Waals surface area (Å²) in [5.74, 6) is -0.0866. The standard InChI is InChI=1S/C7H16O3S.2FH/c1-2-3-4-5-6-7-11(8,9)10;;/h2-7H2,1H3,(H,8,9,10);2*1H. The fourth-order valence-corrected chi connectivity index (χ4v) is 1.46. The molecule has 3 nitrogen and oxygen atoms in total. The number of hydrogen-bond acceptors (Lipinski definition) is 2. The van der Waals surface area contributed by atoms with Gasteiger partial charge in [-0.05, 0) is 6.42 Å². The molecule has 0 rings (SSSR count). The average Bonchev–Trinajstić information content (AvgIpc) is 1.85. The summed E-state index contributed by atoms with van der Waals surface area (Å²) in [5, 5.41) is 0. The molecule has 0 heterocycles. The van der Waals surface area contributed by atoms with Gasteiger partial charge in [0.25, 0.3) is 10.1 Å². The summed E-state index contributed by atoms with van der Waals surface area (Å²) in [6.45, 7) is 2.10. The first-order valence-corrected chi connectivity index (χ1v) is 5.62. The number of hydrogen-bond donors (Lipinski definition) is 1. The van der Waals surface area contributed by atoms with Gasteiger partial charge in [0.05, 0.1) is 5.75 Å².